The Bertz CT molecular complexity index is 838. The Kier molecular flexibility index (Phi) is 5.30. The van der Waals surface area contributed by atoms with Gasteiger partial charge in [-0.1, -0.05) is 24.3 Å². The summed E-state index contributed by atoms with van der Waals surface area (Å²) in [4.78, 5) is 15.6. The smallest absolute Gasteiger partial charge is 0.274 e. The number of ether oxygens (including phenoxy) is 1. The molecule has 0 radical (unpaired) electrons. The summed E-state index contributed by atoms with van der Waals surface area (Å²) in [6.45, 7) is 4.68. The molecule has 0 fully saturated rings. The lowest BCUT2D eigenvalue weighted by Gasteiger charge is -2.20. The third-order valence-corrected chi connectivity index (χ3v) is 4.66. The topological polar surface area (TPSA) is 58.2 Å². The number of hydrogen-bond acceptors (Lipinski definition) is 4. The fraction of sp³-hybridized carbons (Fsp3) is 0.158. The van der Waals surface area contributed by atoms with Crippen molar-refractivity contribution in [2.24, 2.45) is 0 Å². The molecule has 2 heterocycles. The van der Waals surface area contributed by atoms with E-state index in [4.69, 9.17) is 4.74 Å². The molecule has 2 aromatic heterocycles. The van der Waals surface area contributed by atoms with E-state index in [-0.39, 0.29) is 5.91 Å². The maximum atomic E-state index is 12.8. The number of aromatic nitrogens is 2. The molecule has 1 amide bonds. The molecular weight excluding hydrogens is 334 g/mol. The molecule has 3 aromatic rings. The number of benzene rings is 1. The van der Waals surface area contributed by atoms with E-state index in [9.17, 15) is 4.79 Å². The zero-order valence-electron chi connectivity index (χ0n) is 13.9. The van der Waals surface area contributed by atoms with Gasteiger partial charge in [-0.15, -0.1) is 17.9 Å². The molecule has 3 rings (SSSR count). The summed E-state index contributed by atoms with van der Waals surface area (Å²) in [5.41, 5.74) is 2.27. The van der Waals surface area contributed by atoms with Crippen LogP contribution in [-0.2, 0) is 6.54 Å². The van der Waals surface area contributed by atoms with Gasteiger partial charge in [-0.2, -0.15) is 5.10 Å². The Balaban J connectivity index is 1.77. The maximum absolute atomic E-state index is 12.8. The first-order chi connectivity index (χ1) is 12.2. The highest BCUT2D eigenvalue weighted by Gasteiger charge is 2.19. The predicted molar refractivity (Wildman–Crippen MR) is 99.8 cm³/mol. The third kappa shape index (κ3) is 3.97. The molecule has 0 aliphatic rings. The second kappa shape index (κ2) is 7.81. The molecule has 0 atom stereocenters. The molecule has 6 heteroatoms. The van der Waals surface area contributed by atoms with Crippen molar-refractivity contribution in [1.29, 1.82) is 0 Å². The molecule has 0 bridgehead atoms. The fourth-order valence-corrected chi connectivity index (χ4v) is 3.17. The largest absolute Gasteiger partial charge is 0.497 e. The molecule has 1 N–H and O–H groups in total. The van der Waals surface area contributed by atoms with Crippen LogP contribution in [0.2, 0.25) is 0 Å². The Hall–Kier alpha value is -2.86. The molecule has 5 nitrogen and oxygen atoms in total. The number of carbonyl (C=O) groups is 1. The second-order valence-electron chi connectivity index (χ2n) is 5.47. The van der Waals surface area contributed by atoms with Gasteiger partial charge < -0.3 is 9.64 Å². The van der Waals surface area contributed by atoms with Crippen LogP contribution >= 0.6 is 11.3 Å². The SMILES string of the molecule is C=CCN(Cc1ccc(OC)cc1)C(=O)c1cc(-c2cccs2)[nH]n1. The lowest BCUT2D eigenvalue weighted by Crippen LogP contribution is -2.31. The van der Waals surface area contributed by atoms with Crippen LogP contribution in [0.15, 0.2) is 60.5 Å². The van der Waals surface area contributed by atoms with Crippen LogP contribution in [0.4, 0.5) is 0 Å². The first kappa shape index (κ1) is 17.0. The van der Waals surface area contributed by atoms with E-state index < -0.39 is 0 Å². The van der Waals surface area contributed by atoms with E-state index in [1.807, 2.05) is 41.8 Å². The molecule has 0 saturated heterocycles. The van der Waals surface area contributed by atoms with Gasteiger partial charge in [0, 0.05) is 13.1 Å². The summed E-state index contributed by atoms with van der Waals surface area (Å²) in [5, 5.41) is 9.11. The lowest BCUT2D eigenvalue weighted by molar-refractivity contribution is 0.0757. The number of H-pyrrole nitrogens is 1. The number of thiophene rings is 1. The summed E-state index contributed by atoms with van der Waals surface area (Å²) < 4.78 is 5.17. The van der Waals surface area contributed by atoms with Gasteiger partial charge in [0.15, 0.2) is 5.69 Å². The molecule has 0 spiro atoms. The van der Waals surface area contributed by atoms with E-state index in [0.717, 1.165) is 21.9 Å². The van der Waals surface area contributed by atoms with E-state index in [1.165, 1.54) is 0 Å². The Labute approximate surface area is 150 Å². The van der Waals surface area contributed by atoms with Gasteiger partial charge in [0.1, 0.15) is 5.75 Å². The van der Waals surface area contributed by atoms with Crippen molar-refractivity contribution in [2.45, 2.75) is 6.54 Å². The van der Waals surface area contributed by atoms with Crippen molar-refractivity contribution < 1.29 is 9.53 Å². The first-order valence-corrected chi connectivity index (χ1v) is 8.71. The van der Waals surface area contributed by atoms with E-state index >= 15 is 0 Å². The zero-order valence-corrected chi connectivity index (χ0v) is 14.8. The van der Waals surface area contributed by atoms with Gasteiger partial charge in [-0.25, -0.2) is 0 Å². The Morgan fingerprint density at radius 1 is 1.36 bits per heavy atom. The van der Waals surface area contributed by atoms with Crippen molar-refractivity contribution in [3.8, 4) is 16.3 Å². The van der Waals surface area contributed by atoms with Gasteiger partial charge >= 0.3 is 0 Å². The number of nitrogens with one attached hydrogen (secondary N) is 1. The van der Waals surface area contributed by atoms with Crippen LogP contribution in [0.3, 0.4) is 0 Å². The van der Waals surface area contributed by atoms with E-state index in [2.05, 4.69) is 16.8 Å². The van der Waals surface area contributed by atoms with Crippen LogP contribution in [-0.4, -0.2) is 34.7 Å². The Morgan fingerprint density at radius 2 is 2.16 bits per heavy atom. The van der Waals surface area contributed by atoms with Crippen molar-refractivity contribution in [3.05, 3.63) is 71.8 Å². The van der Waals surface area contributed by atoms with Gasteiger partial charge in [0.2, 0.25) is 0 Å². The summed E-state index contributed by atoms with van der Waals surface area (Å²) in [6.07, 6.45) is 1.72. The molecule has 0 aliphatic carbocycles. The lowest BCUT2D eigenvalue weighted by atomic mass is 10.2. The number of rotatable bonds is 7. The van der Waals surface area contributed by atoms with Crippen molar-refractivity contribution >= 4 is 17.2 Å². The molecule has 25 heavy (non-hydrogen) atoms. The highest BCUT2D eigenvalue weighted by molar-refractivity contribution is 7.13. The van der Waals surface area contributed by atoms with Gasteiger partial charge in [0.25, 0.3) is 5.91 Å². The highest BCUT2D eigenvalue weighted by Crippen LogP contribution is 2.23. The molecule has 1 aromatic carbocycles. The Morgan fingerprint density at radius 3 is 2.80 bits per heavy atom. The fourth-order valence-electron chi connectivity index (χ4n) is 2.48. The van der Waals surface area contributed by atoms with Crippen molar-refractivity contribution in [3.63, 3.8) is 0 Å². The molecular formula is C19H19N3O2S. The predicted octanol–water partition coefficient (Wildman–Crippen LogP) is 3.98. The normalized spacial score (nSPS) is 10.4. The van der Waals surface area contributed by atoms with Gasteiger partial charge in [-0.3, -0.25) is 9.89 Å². The number of amides is 1. The molecule has 0 saturated carbocycles. The number of methoxy groups -OCH3 is 1. The van der Waals surface area contributed by atoms with Crippen LogP contribution in [0.5, 0.6) is 5.75 Å². The van der Waals surface area contributed by atoms with Crippen LogP contribution < -0.4 is 4.74 Å². The number of aromatic amines is 1. The summed E-state index contributed by atoms with van der Waals surface area (Å²) >= 11 is 1.60. The van der Waals surface area contributed by atoms with Crippen LogP contribution in [0.25, 0.3) is 10.6 Å². The van der Waals surface area contributed by atoms with Crippen LogP contribution in [0, 0.1) is 0 Å². The van der Waals surface area contributed by atoms with Crippen molar-refractivity contribution in [1.82, 2.24) is 15.1 Å². The monoisotopic (exact) mass is 353 g/mol. The van der Waals surface area contributed by atoms with E-state index in [0.29, 0.717) is 18.8 Å². The average molecular weight is 353 g/mol. The standard InChI is InChI=1S/C19H19N3O2S/c1-3-10-22(13-14-6-8-15(24-2)9-7-14)19(23)17-12-16(20-21-17)18-5-4-11-25-18/h3-9,11-12H,1,10,13H2,2H3,(H,20,21). The number of hydrogen-bond donors (Lipinski definition) is 1. The summed E-state index contributed by atoms with van der Waals surface area (Å²) in [7, 11) is 1.63. The molecule has 0 aliphatic heterocycles. The minimum absolute atomic E-state index is 0.130. The van der Waals surface area contributed by atoms with Gasteiger partial charge in [0.05, 0.1) is 17.7 Å². The van der Waals surface area contributed by atoms with Gasteiger partial charge in [-0.05, 0) is 35.2 Å². The minimum Gasteiger partial charge on any atom is -0.497 e. The minimum atomic E-state index is -0.130. The zero-order chi connectivity index (χ0) is 17.6. The molecule has 0 unspecified atom stereocenters. The second-order valence-corrected chi connectivity index (χ2v) is 6.41. The van der Waals surface area contributed by atoms with Crippen LogP contribution in [0.1, 0.15) is 16.1 Å². The number of nitrogens with zero attached hydrogens (tertiary/aromatic N) is 2. The molecule has 128 valence electrons. The number of carbonyl (C=O) groups excluding carboxylic acids is 1. The highest BCUT2D eigenvalue weighted by atomic mass is 32.1. The average Bonchev–Trinajstić information content (AvgIpc) is 3.32. The first-order valence-electron chi connectivity index (χ1n) is 7.83. The third-order valence-electron chi connectivity index (χ3n) is 3.75. The quantitative estimate of drug-likeness (QED) is 0.654. The maximum Gasteiger partial charge on any atom is 0.274 e. The summed E-state index contributed by atoms with van der Waals surface area (Å²) in [5.74, 6) is 0.660. The van der Waals surface area contributed by atoms with E-state index in [1.54, 1.807) is 35.5 Å². The van der Waals surface area contributed by atoms with Crippen molar-refractivity contribution in [2.75, 3.05) is 13.7 Å². The summed E-state index contributed by atoms with van der Waals surface area (Å²) in [6, 6.07) is 13.4.